The molecule has 0 aromatic heterocycles. The van der Waals surface area contributed by atoms with Gasteiger partial charge < -0.3 is 57.0 Å². The van der Waals surface area contributed by atoms with E-state index in [0.717, 1.165) is 13.1 Å². The first-order valence-corrected chi connectivity index (χ1v) is 10.7. The standard InChI is InChI=1S/C20H40N4.2ClH.Cu.2H2O/c1-15-11-13-21-18-8-4-6-10-20(18)24-16(2)12-14-22-17-7-3-5-9-19(17)23-15;;;;;/h15-24H,3-14H2,1-2H3;2*1H;;2*1H2/q;;;+2;;/p-2/t15-,16+,17-,18+,19-,20+;;;;;. The number of nitrogens with one attached hydrogen (secondary N) is 4. The molecule has 1 aliphatic heterocycles. The summed E-state index contributed by atoms with van der Waals surface area (Å²) in [5.41, 5.74) is 0. The maximum atomic E-state index is 3.94. The van der Waals surface area contributed by atoms with Gasteiger partial charge >= 0.3 is 17.1 Å². The molecule has 2 saturated carbocycles. The Kier molecular flexibility index (Phi) is 21.9. The zero-order valence-corrected chi connectivity index (χ0v) is 20.5. The van der Waals surface area contributed by atoms with Crippen LogP contribution in [0, 0.1) is 0 Å². The zero-order valence-electron chi connectivity index (χ0n) is 18.0. The molecule has 3 fully saturated rings. The van der Waals surface area contributed by atoms with E-state index >= 15 is 0 Å². The van der Waals surface area contributed by atoms with Crippen molar-refractivity contribution in [2.45, 2.75) is 114 Å². The van der Waals surface area contributed by atoms with Gasteiger partial charge in [-0.15, -0.1) is 0 Å². The van der Waals surface area contributed by atoms with E-state index < -0.39 is 0 Å². The van der Waals surface area contributed by atoms with Gasteiger partial charge in [-0.3, -0.25) is 0 Å². The summed E-state index contributed by atoms with van der Waals surface area (Å²) in [6.45, 7) is 7.04. The smallest absolute Gasteiger partial charge is 1.00 e. The first-order valence-electron chi connectivity index (χ1n) is 10.7. The molecule has 2 aliphatic carbocycles. The second-order valence-corrected chi connectivity index (χ2v) is 8.62. The molecule has 8 N–H and O–H groups in total. The fraction of sp³-hybridized carbons (Fsp3) is 1.00. The Hall–Kier alpha value is 0.859. The molecule has 3 rings (SSSR count). The van der Waals surface area contributed by atoms with Gasteiger partial charge in [-0.2, -0.15) is 0 Å². The van der Waals surface area contributed by atoms with Gasteiger partial charge in [0.15, 0.2) is 0 Å². The summed E-state index contributed by atoms with van der Waals surface area (Å²) >= 11 is 0. The second kappa shape index (κ2) is 18.4. The van der Waals surface area contributed by atoms with Gasteiger partial charge in [-0.25, -0.2) is 0 Å². The van der Waals surface area contributed by atoms with Crippen LogP contribution in [0.5, 0.6) is 0 Å². The van der Waals surface area contributed by atoms with Crippen LogP contribution in [-0.4, -0.2) is 60.3 Å². The Labute approximate surface area is 201 Å². The Morgan fingerprint density at radius 2 is 0.828 bits per heavy atom. The first kappa shape index (κ1) is 34.5. The Morgan fingerprint density at radius 1 is 0.517 bits per heavy atom. The van der Waals surface area contributed by atoms with E-state index in [0.29, 0.717) is 36.3 Å². The van der Waals surface area contributed by atoms with E-state index in [4.69, 9.17) is 0 Å². The Morgan fingerprint density at radius 3 is 1.17 bits per heavy atom. The molecule has 0 spiro atoms. The van der Waals surface area contributed by atoms with Gasteiger partial charge in [0.25, 0.3) is 0 Å². The minimum absolute atomic E-state index is 0. The van der Waals surface area contributed by atoms with E-state index in [-0.39, 0.29) is 52.8 Å². The zero-order chi connectivity index (χ0) is 16.8. The topological polar surface area (TPSA) is 111 Å². The fourth-order valence-electron chi connectivity index (χ4n) is 5.02. The fourth-order valence-corrected chi connectivity index (χ4v) is 5.02. The average Bonchev–Trinajstić information content (AvgIpc) is 2.57. The van der Waals surface area contributed by atoms with Crippen molar-refractivity contribution in [2.24, 2.45) is 0 Å². The molecule has 0 aromatic carbocycles. The summed E-state index contributed by atoms with van der Waals surface area (Å²) in [4.78, 5) is 0. The summed E-state index contributed by atoms with van der Waals surface area (Å²) in [5.74, 6) is 0. The van der Waals surface area contributed by atoms with Crippen molar-refractivity contribution in [3.8, 4) is 0 Å². The van der Waals surface area contributed by atoms with Crippen LogP contribution >= 0.6 is 0 Å². The van der Waals surface area contributed by atoms with Crippen LogP contribution in [0.3, 0.4) is 0 Å². The predicted octanol–water partition coefficient (Wildman–Crippen LogP) is -5.11. The van der Waals surface area contributed by atoms with Crippen molar-refractivity contribution in [2.75, 3.05) is 13.1 Å². The quantitative estimate of drug-likeness (QED) is 0.246. The Balaban J connectivity index is -0.00000135. The maximum absolute atomic E-state index is 3.94. The molecule has 1 heterocycles. The second-order valence-electron chi connectivity index (χ2n) is 8.62. The first-order chi connectivity index (χ1) is 11.7. The third-order valence-corrected chi connectivity index (χ3v) is 6.50. The molecular formula is C20H44Cl2CuN4O2. The molecular weight excluding hydrogens is 463 g/mol. The molecule has 0 aromatic rings. The van der Waals surface area contributed by atoms with Gasteiger partial charge in [-0.05, 0) is 65.5 Å². The number of rotatable bonds is 0. The Bertz CT molecular complexity index is 354. The summed E-state index contributed by atoms with van der Waals surface area (Å²) in [6, 6.07) is 3.91. The average molecular weight is 507 g/mol. The van der Waals surface area contributed by atoms with Crippen molar-refractivity contribution in [3.05, 3.63) is 0 Å². The monoisotopic (exact) mass is 505 g/mol. The molecule has 0 bridgehead atoms. The van der Waals surface area contributed by atoms with Crippen molar-refractivity contribution >= 4 is 0 Å². The molecule has 29 heavy (non-hydrogen) atoms. The van der Waals surface area contributed by atoms with Gasteiger partial charge in [0.05, 0.1) is 0 Å². The van der Waals surface area contributed by atoms with Crippen LogP contribution in [0.15, 0.2) is 0 Å². The molecule has 0 amide bonds. The van der Waals surface area contributed by atoms with Crippen molar-refractivity contribution in [3.63, 3.8) is 0 Å². The van der Waals surface area contributed by atoms with E-state index in [9.17, 15) is 0 Å². The number of hydrogen-bond donors (Lipinski definition) is 4. The van der Waals surface area contributed by atoms with E-state index in [2.05, 4.69) is 35.1 Å². The van der Waals surface area contributed by atoms with E-state index in [1.807, 2.05) is 0 Å². The summed E-state index contributed by atoms with van der Waals surface area (Å²) in [7, 11) is 0. The van der Waals surface area contributed by atoms with Crippen LogP contribution in [-0.2, 0) is 17.1 Å². The van der Waals surface area contributed by atoms with Crippen LogP contribution in [0.25, 0.3) is 0 Å². The van der Waals surface area contributed by atoms with Crippen LogP contribution < -0.4 is 46.1 Å². The third-order valence-electron chi connectivity index (χ3n) is 6.50. The molecule has 9 heteroatoms. The minimum atomic E-state index is 0. The maximum Gasteiger partial charge on any atom is 2.00 e. The molecule has 1 saturated heterocycles. The van der Waals surface area contributed by atoms with Crippen molar-refractivity contribution < 1.29 is 52.8 Å². The number of fused-ring (bicyclic) bond motifs is 2. The molecule has 181 valence electrons. The largest absolute Gasteiger partial charge is 2.00 e. The SMILES string of the molecule is C[C@@H]1CCN[C@H]2CCCC[C@@H]2N[C@@H](C)CCN[C@@H]2CCCC[C@H]2N1.O.O.[Cl-].[Cl-].[Cu+2]. The van der Waals surface area contributed by atoms with Crippen LogP contribution in [0.4, 0.5) is 0 Å². The van der Waals surface area contributed by atoms with E-state index in [1.54, 1.807) is 0 Å². The third kappa shape index (κ3) is 11.3. The van der Waals surface area contributed by atoms with Gasteiger partial charge in [0, 0.05) is 36.3 Å². The number of hydrogen-bond acceptors (Lipinski definition) is 4. The van der Waals surface area contributed by atoms with Crippen molar-refractivity contribution in [1.82, 2.24) is 21.3 Å². The predicted molar refractivity (Wildman–Crippen MR) is 110 cm³/mol. The van der Waals surface area contributed by atoms with Gasteiger partial charge in [0.2, 0.25) is 0 Å². The van der Waals surface area contributed by atoms with Crippen LogP contribution in [0.1, 0.15) is 78.1 Å². The van der Waals surface area contributed by atoms with Crippen LogP contribution in [0.2, 0.25) is 0 Å². The summed E-state index contributed by atoms with van der Waals surface area (Å²) in [5, 5.41) is 15.6. The van der Waals surface area contributed by atoms with Gasteiger partial charge in [-0.1, -0.05) is 25.7 Å². The van der Waals surface area contributed by atoms with E-state index in [1.165, 1.54) is 64.2 Å². The normalized spacial score (nSPS) is 35.8. The molecule has 6 atom stereocenters. The number of halogens is 2. The molecule has 6 nitrogen and oxygen atoms in total. The molecule has 1 radical (unpaired) electrons. The van der Waals surface area contributed by atoms with Crippen molar-refractivity contribution in [1.29, 1.82) is 0 Å². The molecule has 3 aliphatic rings. The summed E-state index contributed by atoms with van der Waals surface area (Å²) < 4.78 is 0. The van der Waals surface area contributed by atoms with Gasteiger partial charge in [0.1, 0.15) is 0 Å². The minimum Gasteiger partial charge on any atom is -1.00 e. The molecule has 0 unspecified atom stereocenters. The summed E-state index contributed by atoms with van der Waals surface area (Å²) in [6.07, 6.45) is 13.4.